The molecule has 3 rings (SSSR count). The maximum atomic E-state index is 12.6. The van der Waals surface area contributed by atoms with Gasteiger partial charge in [0, 0.05) is 23.7 Å². The Kier molecular flexibility index (Phi) is 5.19. The summed E-state index contributed by atoms with van der Waals surface area (Å²) < 4.78 is 38.3. The summed E-state index contributed by atoms with van der Waals surface area (Å²) in [5, 5.41) is 0.614. The van der Waals surface area contributed by atoms with Crippen LogP contribution in [0.5, 0.6) is 11.5 Å². The topological polar surface area (TPSA) is 67.9 Å². The van der Waals surface area contributed by atoms with Gasteiger partial charge < -0.3 is 14.4 Å². The lowest BCUT2D eigenvalue weighted by Crippen LogP contribution is -2.34. The van der Waals surface area contributed by atoms with E-state index in [2.05, 4.69) is 4.72 Å². The Morgan fingerprint density at radius 3 is 2.64 bits per heavy atom. The molecular weight excluding hydrogens is 364 g/mol. The number of nitrogens with zero attached hydrogens (tertiary/aromatic N) is 1. The normalized spacial score (nSPS) is 14.7. The molecule has 0 radical (unpaired) electrons. The van der Waals surface area contributed by atoms with Crippen LogP contribution in [0.25, 0.3) is 0 Å². The lowest BCUT2D eigenvalue weighted by Gasteiger charge is -2.25. The van der Waals surface area contributed by atoms with Crippen LogP contribution in [-0.2, 0) is 10.0 Å². The third-order valence-electron chi connectivity index (χ3n) is 3.98. The van der Waals surface area contributed by atoms with Crippen LogP contribution in [0.3, 0.4) is 0 Å². The Balaban J connectivity index is 1.78. The van der Waals surface area contributed by atoms with E-state index >= 15 is 0 Å². The first-order valence-corrected chi connectivity index (χ1v) is 9.54. The number of sulfonamides is 1. The second-order valence-corrected chi connectivity index (χ2v) is 8.10. The summed E-state index contributed by atoms with van der Waals surface area (Å²) in [6, 6.07) is 11.8. The van der Waals surface area contributed by atoms with Gasteiger partial charge in [0.25, 0.3) is 0 Å². The van der Waals surface area contributed by atoms with Crippen LogP contribution in [0.4, 0.5) is 0 Å². The lowest BCUT2D eigenvalue weighted by atomic mass is 10.1. The van der Waals surface area contributed by atoms with Crippen LogP contribution in [-0.4, -0.2) is 40.8 Å². The average Bonchev–Trinajstić information content (AvgIpc) is 3.02. The SMILES string of the molecule is CN(C)[C@H](CNS(=O)(=O)c1ccc2c(c1)OCO2)c1cccc(Cl)c1. The molecule has 134 valence electrons. The van der Waals surface area contributed by atoms with Crippen molar-refractivity contribution in [1.29, 1.82) is 0 Å². The summed E-state index contributed by atoms with van der Waals surface area (Å²) >= 11 is 6.05. The Bertz CT molecular complexity index is 871. The molecule has 6 nitrogen and oxygen atoms in total. The maximum absolute atomic E-state index is 12.6. The largest absolute Gasteiger partial charge is 0.454 e. The standard InChI is InChI=1S/C17H19ClN2O4S/c1-20(2)15(12-4-3-5-13(18)8-12)10-19-25(21,22)14-6-7-16-17(9-14)24-11-23-16/h3-9,15,19H,10-11H2,1-2H3/t15-/m1/s1. The minimum Gasteiger partial charge on any atom is -0.454 e. The van der Waals surface area contributed by atoms with Gasteiger partial charge in [-0.2, -0.15) is 0 Å². The molecule has 1 aliphatic rings. The Morgan fingerprint density at radius 1 is 1.16 bits per heavy atom. The van der Waals surface area contributed by atoms with Crippen molar-refractivity contribution in [3.8, 4) is 11.5 Å². The molecule has 0 saturated carbocycles. The van der Waals surface area contributed by atoms with Gasteiger partial charge in [0.2, 0.25) is 16.8 Å². The highest BCUT2D eigenvalue weighted by molar-refractivity contribution is 7.89. The minimum atomic E-state index is -3.67. The fraction of sp³-hybridized carbons (Fsp3) is 0.294. The van der Waals surface area contributed by atoms with Gasteiger partial charge in [-0.25, -0.2) is 13.1 Å². The maximum Gasteiger partial charge on any atom is 0.240 e. The molecule has 1 aliphatic heterocycles. The first-order chi connectivity index (χ1) is 11.9. The Labute approximate surface area is 152 Å². The predicted octanol–water partition coefficient (Wildman–Crippen LogP) is 2.65. The zero-order valence-corrected chi connectivity index (χ0v) is 15.5. The molecule has 0 unspecified atom stereocenters. The van der Waals surface area contributed by atoms with Crippen molar-refractivity contribution in [2.75, 3.05) is 27.4 Å². The van der Waals surface area contributed by atoms with E-state index in [0.29, 0.717) is 16.5 Å². The molecule has 25 heavy (non-hydrogen) atoms. The number of nitrogens with one attached hydrogen (secondary N) is 1. The molecule has 0 aromatic heterocycles. The number of likely N-dealkylation sites (N-methyl/N-ethyl adjacent to an activating group) is 1. The highest BCUT2D eigenvalue weighted by Crippen LogP contribution is 2.33. The monoisotopic (exact) mass is 382 g/mol. The van der Waals surface area contributed by atoms with Gasteiger partial charge in [-0.1, -0.05) is 23.7 Å². The molecule has 2 aromatic carbocycles. The van der Waals surface area contributed by atoms with Gasteiger partial charge in [0.1, 0.15) is 0 Å². The van der Waals surface area contributed by atoms with Gasteiger partial charge in [-0.3, -0.25) is 0 Å². The molecule has 0 saturated heterocycles. The zero-order valence-electron chi connectivity index (χ0n) is 13.9. The van der Waals surface area contributed by atoms with Gasteiger partial charge in [0.05, 0.1) is 4.90 Å². The molecule has 0 amide bonds. The van der Waals surface area contributed by atoms with Gasteiger partial charge in [0.15, 0.2) is 11.5 Å². The number of benzene rings is 2. The first-order valence-electron chi connectivity index (χ1n) is 7.68. The van der Waals surface area contributed by atoms with E-state index in [1.165, 1.54) is 12.1 Å². The van der Waals surface area contributed by atoms with E-state index < -0.39 is 10.0 Å². The van der Waals surface area contributed by atoms with Crippen LogP contribution < -0.4 is 14.2 Å². The average molecular weight is 383 g/mol. The fourth-order valence-electron chi connectivity index (χ4n) is 2.63. The van der Waals surface area contributed by atoms with Crippen molar-refractivity contribution >= 4 is 21.6 Å². The van der Waals surface area contributed by atoms with Crippen molar-refractivity contribution in [2.45, 2.75) is 10.9 Å². The van der Waals surface area contributed by atoms with Gasteiger partial charge >= 0.3 is 0 Å². The van der Waals surface area contributed by atoms with Crippen LogP contribution in [0.15, 0.2) is 47.4 Å². The minimum absolute atomic E-state index is 0.101. The first kappa shape index (κ1) is 18.0. The quantitative estimate of drug-likeness (QED) is 0.831. The van der Waals surface area contributed by atoms with Crippen molar-refractivity contribution in [3.63, 3.8) is 0 Å². The Hall–Kier alpha value is -1.80. The second kappa shape index (κ2) is 7.21. The van der Waals surface area contributed by atoms with Crippen molar-refractivity contribution in [2.24, 2.45) is 0 Å². The molecule has 1 N–H and O–H groups in total. The Morgan fingerprint density at radius 2 is 1.92 bits per heavy atom. The molecule has 1 atom stereocenters. The number of ether oxygens (including phenoxy) is 2. The summed E-state index contributed by atoms with van der Waals surface area (Å²) in [6.07, 6.45) is 0. The third-order valence-corrected chi connectivity index (χ3v) is 5.63. The van der Waals surface area contributed by atoms with E-state index in [1.807, 2.05) is 37.2 Å². The lowest BCUT2D eigenvalue weighted by molar-refractivity contribution is 0.174. The molecule has 0 spiro atoms. The molecule has 0 bridgehead atoms. The summed E-state index contributed by atoms with van der Waals surface area (Å²) in [6.45, 7) is 0.313. The van der Waals surface area contributed by atoms with E-state index in [-0.39, 0.29) is 24.3 Å². The number of hydrogen-bond donors (Lipinski definition) is 1. The van der Waals surface area contributed by atoms with Crippen molar-refractivity contribution < 1.29 is 17.9 Å². The molecule has 0 aliphatic carbocycles. The van der Waals surface area contributed by atoms with E-state index in [0.717, 1.165) is 5.56 Å². The number of fused-ring (bicyclic) bond motifs is 1. The molecule has 8 heteroatoms. The summed E-state index contributed by atoms with van der Waals surface area (Å²) in [7, 11) is 0.105. The fourth-order valence-corrected chi connectivity index (χ4v) is 3.88. The smallest absolute Gasteiger partial charge is 0.240 e. The number of rotatable bonds is 6. The zero-order chi connectivity index (χ0) is 18.0. The summed E-state index contributed by atoms with van der Waals surface area (Å²) in [5.41, 5.74) is 0.936. The van der Waals surface area contributed by atoms with Gasteiger partial charge in [-0.15, -0.1) is 0 Å². The van der Waals surface area contributed by atoms with Crippen molar-refractivity contribution in [3.05, 3.63) is 53.1 Å². The molecule has 0 fully saturated rings. The molecule has 2 aromatic rings. The highest BCUT2D eigenvalue weighted by atomic mass is 35.5. The van der Waals surface area contributed by atoms with Crippen molar-refractivity contribution in [1.82, 2.24) is 9.62 Å². The molecule has 1 heterocycles. The van der Waals surface area contributed by atoms with E-state index in [4.69, 9.17) is 21.1 Å². The number of halogens is 1. The van der Waals surface area contributed by atoms with Crippen LogP contribution >= 0.6 is 11.6 Å². The second-order valence-electron chi connectivity index (χ2n) is 5.90. The predicted molar refractivity (Wildman–Crippen MR) is 95.6 cm³/mol. The van der Waals surface area contributed by atoms with Gasteiger partial charge in [-0.05, 0) is 43.9 Å². The number of hydrogen-bond acceptors (Lipinski definition) is 5. The summed E-state index contributed by atoms with van der Waals surface area (Å²) in [4.78, 5) is 2.08. The summed E-state index contributed by atoms with van der Waals surface area (Å²) in [5.74, 6) is 0.978. The van der Waals surface area contributed by atoms with Crippen LogP contribution in [0, 0.1) is 0 Å². The third kappa shape index (κ3) is 4.07. The molecular formula is C17H19ClN2O4S. The van der Waals surface area contributed by atoms with Crippen LogP contribution in [0.2, 0.25) is 5.02 Å². The van der Waals surface area contributed by atoms with E-state index in [1.54, 1.807) is 12.1 Å². The van der Waals surface area contributed by atoms with E-state index in [9.17, 15) is 8.42 Å². The highest BCUT2D eigenvalue weighted by Gasteiger charge is 2.22. The van der Waals surface area contributed by atoms with Crippen LogP contribution in [0.1, 0.15) is 11.6 Å².